The second-order valence-electron chi connectivity index (χ2n) is 5.59. The molecule has 0 aliphatic carbocycles. The van der Waals surface area contributed by atoms with Crippen LogP contribution in [0.2, 0.25) is 0 Å². The fourth-order valence-corrected chi connectivity index (χ4v) is 2.70. The largest absolute Gasteiger partial charge is 0.372 e. The van der Waals surface area contributed by atoms with Crippen molar-refractivity contribution >= 4 is 17.6 Å². The molecule has 0 aromatic heterocycles. The van der Waals surface area contributed by atoms with E-state index in [-0.39, 0.29) is 5.69 Å². The number of hydrogen-bond acceptors (Lipinski definition) is 2. The minimum Gasteiger partial charge on any atom is -0.372 e. The molecule has 4 heteroatoms. The molecule has 0 N–H and O–H groups in total. The van der Waals surface area contributed by atoms with E-state index in [1.165, 1.54) is 30.7 Å². The standard InChI is InChI=1S/C18H18F2N2/c1-13-10-16(22-8-2-3-9-22)6-4-14(13)12-21-18-7-5-15(19)11-17(18)20/h4-7,10-12H,2-3,8-9H2,1H3. The highest BCUT2D eigenvalue weighted by Gasteiger charge is 2.12. The SMILES string of the molecule is Cc1cc(N2CCCC2)ccc1C=Nc1ccc(F)cc1F. The highest BCUT2D eigenvalue weighted by atomic mass is 19.1. The molecule has 1 fully saturated rings. The van der Waals surface area contributed by atoms with E-state index in [0.717, 1.165) is 30.3 Å². The van der Waals surface area contributed by atoms with Gasteiger partial charge in [0.05, 0.1) is 5.69 Å². The van der Waals surface area contributed by atoms with Gasteiger partial charge in [-0.25, -0.2) is 8.78 Å². The maximum Gasteiger partial charge on any atom is 0.151 e. The van der Waals surface area contributed by atoms with Crippen LogP contribution in [0.15, 0.2) is 41.4 Å². The number of halogens is 2. The lowest BCUT2D eigenvalue weighted by Gasteiger charge is -2.18. The van der Waals surface area contributed by atoms with Crippen LogP contribution >= 0.6 is 0 Å². The van der Waals surface area contributed by atoms with Crippen LogP contribution in [0.3, 0.4) is 0 Å². The molecule has 22 heavy (non-hydrogen) atoms. The molecule has 0 radical (unpaired) electrons. The number of hydrogen-bond donors (Lipinski definition) is 0. The van der Waals surface area contributed by atoms with Gasteiger partial charge in [-0.05, 0) is 55.2 Å². The van der Waals surface area contributed by atoms with Gasteiger partial charge >= 0.3 is 0 Å². The number of aryl methyl sites for hydroxylation is 1. The molecular weight excluding hydrogens is 282 g/mol. The fraction of sp³-hybridized carbons (Fsp3) is 0.278. The van der Waals surface area contributed by atoms with E-state index >= 15 is 0 Å². The molecule has 2 nitrogen and oxygen atoms in total. The first-order valence-corrected chi connectivity index (χ1v) is 7.48. The molecule has 2 aromatic rings. The van der Waals surface area contributed by atoms with E-state index in [9.17, 15) is 8.78 Å². The van der Waals surface area contributed by atoms with E-state index in [1.54, 1.807) is 6.21 Å². The normalized spacial score (nSPS) is 15.0. The Morgan fingerprint density at radius 1 is 1.05 bits per heavy atom. The molecule has 0 unspecified atom stereocenters. The fourth-order valence-electron chi connectivity index (χ4n) is 2.70. The van der Waals surface area contributed by atoms with Crippen LogP contribution in [0.25, 0.3) is 0 Å². The van der Waals surface area contributed by atoms with Gasteiger partial charge in [-0.1, -0.05) is 6.07 Å². The van der Waals surface area contributed by atoms with Crippen LogP contribution < -0.4 is 4.90 Å². The quantitative estimate of drug-likeness (QED) is 0.755. The Kier molecular flexibility index (Phi) is 4.18. The van der Waals surface area contributed by atoms with Crippen molar-refractivity contribution in [2.75, 3.05) is 18.0 Å². The predicted octanol–water partition coefficient (Wildman–Crippen LogP) is 4.62. The summed E-state index contributed by atoms with van der Waals surface area (Å²) in [6, 6.07) is 9.59. The van der Waals surface area contributed by atoms with Gasteiger partial charge in [-0.15, -0.1) is 0 Å². The Hall–Kier alpha value is -2.23. The maximum absolute atomic E-state index is 13.6. The van der Waals surface area contributed by atoms with Gasteiger partial charge in [0.1, 0.15) is 5.82 Å². The first-order chi connectivity index (χ1) is 10.6. The van der Waals surface area contributed by atoms with Gasteiger partial charge in [-0.2, -0.15) is 0 Å². The Bertz CT molecular complexity index is 704. The van der Waals surface area contributed by atoms with Crippen LogP contribution in [0, 0.1) is 18.6 Å². The van der Waals surface area contributed by atoms with Crippen LogP contribution in [-0.4, -0.2) is 19.3 Å². The molecule has 2 aromatic carbocycles. The average Bonchev–Trinajstić information content (AvgIpc) is 3.02. The summed E-state index contributed by atoms with van der Waals surface area (Å²) in [4.78, 5) is 6.49. The molecule has 3 rings (SSSR count). The summed E-state index contributed by atoms with van der Waals surface area (Å²) < 4.78 is 26.4. The molecule has 1 saturated heterocycles. The first-order valence-electron chi connectivity index (χ1n) is 7.48. The molecule has 1 aliphatic heterocycles. The number of aliphatic imine (C=N–C) groups is 1. The van der Waals surface area contributed by atoms with E-state index in [0.29, 0.717) is 0 Å². The molecule has 0 amide bonds. The molecule has 0 bridgehead atoms. The minimum absolute atomic E-state index is 0.143. The van der Waals surface area contributed by atoms with Gasteiger partial charge in [-0.3, -0.25) is 4.99 Å². The Morgan fingerprint density at radius 2 is 1.82 bits per heavy atom. The smallest absolute Gasteiger partial charge is 0.151 e. The summed E-state index contributed by atoms with van der Waals surface area (Å²) in [5, 5.41) is 0. The highest BCUT2D eigenvalue weighted by molar-refractivity contribution is 5.84. The van der Waals surface area contributed by atoms with Gasteiger partial charge in [0.2, 0.25) is 0 Å². The Balaban J connectivity index is 1.81. The maximum atomic E-state index is 13.6. The molecule has 114 valence electrons. The van der Waals surface area contributed by atoms with Crippen molar-refractivity contribution in [2.24, 2.45) is 4.99 Å². The van der Waals surface area contributed by atoms with Gasteiger partial charge in [0.15, 0.2) is 5.82 Å². The van der Waals surface area contributed by atoms with E-state index < -0.39 is 11.6 Å². The van der Waals surface area contributed by atoms with Crippen molar-refractivity contribution < 1.29 is 8.78 Å². The highest BCUT2D eigenvalue weighted by Crippen LogP contribution is 2.23. The molecular formula is C18H18F2N2. The number of benzene rings is 2. The van der Waals surface area contributed by atoms with Crippen LogP contribution in [0.5, 0.6) is 0 Å². The van der Waals surface area contributed by atoms with Gasteiger partial charge in [0.25, 0.3) is 0 Å². The Morgan fingerprint density at radius 3 is 2.50 bits per heavy atom. The number of rotatable bonds is 3. The third kappa shape index (κ3) is 3.16. The average molecular weight is 300 g/mol. The van der Waals surface area contributed by atoms with Crippen molar-refractivity contribution in [1.29, 1.82) is 0 Å². The molecule has 1 heterocycles. The van der Waals surface area contributed by atoms with Crippen molar-refractivity contribution in [1.82, 2.24) is 0 Å². The predicted molar refractivity (Wildman–Crippen MR) is 86.2 cm³/mol. The first kappa shape index (κ1) is 14.7. The summed E-state index contributed by atoms with van der Waals surface area (Å²) in [6.07, 6.45) is 4.11. The van der Waals surface area contributed by atoms with Crippen LogP contribution in [0.1, 0.15) is 24.0 Å². The minimum atomic E-state index is -0.650. The lowest BCUT2D eigenvalue weighted by molar-refractivity contribution is 0.585. The van der Waals surface area contributed by atoms with E-state index in [1.807, 2.05) is 13.0 Å². The molecule has 1 aliphatic rings. The summed E-state index contributed by atoms with van der Waals surface area (Å²) in [5.74, 6) is -1.25. The number of nitrogens with zero attached hydrogens (tertiary/aromatic N) is 2. The summed E-state index contributed by atoms with van der Waals surface area (Å²) in [7, 11) is 0. The van der Waals surface area contributed by atoms with Gasteiger partial charge < -0.3 is 4.90 Å². The van der Waals surface area contributed by atoms with E-state index in [2.05, 4.69) is 22.0 Å². The van der Waals surface area contributed by atoms with Crippen molar-refractivity contribution in [3.05, 3.63) is 59.2 Å². The molecule has 0 atom stereocenters. The zero-order valence-corrected chi connectivity index (χ0v) is 12.5. The molecule has 0 saturated carbocycles. The number of anilines is 1. The second-order valence-corrected chi connectivity index (χ2v) is 5.59. The third-order valence-corrected chi connectivity index (χ3v) is 3.98. The van der Waals surface area contributed by atoms with Crippen LogP contribution in [-0.2, 0) is 0 Å². The van der Waals surface area contributed by atoms with Gasteiger partial charge in [0, 0.05) is 31.1 Å². The van der Waals surface area contributed by atoms with Crippen molar-refractivity contribution in [3.63, 3.8) is 0 Å². The lowest BCUT2D eigenvalue weighted by atomic mass is 10.1. The lowest BCUT2D eigenvalue weighted by Crippen LogP contribution is -2.17. The Labute approximate surface area is 129 Å². The van der Waals surface area contributed by atoms with Crippen molar-refractivity contribution in [3.8, 4) is 0 Å². The van der Waals surface area contributed by atoms with E-state index in [4.69, 9.17) is 0 Å². The second kappa shape index (κ2) is 6.26. The zero-order valence-electron chi connectivity index (χ0n) is 12.5. The van der Waals surface area contributed by atoms with Crippen molar-refractivity contribution in [2.45, 2.75) is 19.8 Å². The summed E-state index contributed by atoms with van der Waals surface area (Å²) in [6.45, 7) is 4.23. The molecule has 0 spiro atoms. The zero-order chi connectivity index (χ0) is 15.5. The van der Waals surface area contributed by atoms with Crippen LogP contribution in [0.4, 0.5) is 20.2 Å². The monoisotopic (exact) mass is 300 g/mol. The summed E-state index contributed by atoms with van der Waals surface area (Å²) >= 11 is 0. The third-order valence-electron chi connectivity index (χ3n) is 3.98. The summed E-state index contributed by atoms with van der Waals surface area (Å²) in [5.41, 5.74) is 3.40. The topological polar surface area (TPSA) is 15.6 Å².